The molecule has 0 aliphatic heterocycles. The summed E-state index contributed by atoms with van der Waals surface area (Å²) < 4.78 is 18.1. The van der Waals surface area contributed by atoms with Gasteiger partial charge in [0.1, 0.15) is 12.4 Å². The average Bonchev–Trinajstić information content (AvgIpc) is 2.44. The van der Waals surface area contributed by atoms with Crippen LogP contribution in [0.25, 0.3) is 0 Å². The van der Waals surface area contributed by atoms with Crippen LogP contribution in [0.5, 0.6) is 0 Å². The molecule has 21 heavy (non-hydrogen) atoms. The van der Waals surface area contributed by atoms with Crippen molar-refractivity contribution in [1.29, 1.82) is 0 Å². The van der Waals surface area contributed by atoms with Crippen molar-refractivity contribution in [3.8, 4) is 0 Å². The number of rotatable bonds is 3. The maximum absolute atomic E-state index is 13.1. The first-order chi connectivity index (χ1) is 9.88. The molecule has 3 nitrogen and oxygen atoms in total. The number of hydrogen-bond donors (Lipinski definition) is 1. The highest BCUT2D eigenvalue weighted by Gasteiger charge is 2.13. The predicted molar refractivity (Wildman–Crippen MR) is 81.4 cm³/mol. The summed E-state index contributed by atoms with van der Waals surface area (Å²) in [4.78, 5) is 11.9. The molecule has 0 atom stereocenters. The van der Waals surface area contributed by atoms with E-state index in [9.17, 15) is 9.18 Å². The van der Waals surface area contributed by atoms with Crippen molar-refractivity contribution in [2.45, 2.75) is 6.61 Å². The van der Waals surface area contributed by atoms with Gasteiger partial charge in [-0.3, -0.25) is 0 Å². The van der Waals surface area contributed by atoms with Gasteiger partial charge in [-0.25, -0.2) is 9.18 Å². The molecule has 0 bridgehead atoms. The molecule has 0 amide bonds. The molecule has 0 heterocycles. The van der Waals surface area contributed by atoms with E-state index in [1.807, 2.05) is 0 Å². The molecule has 2 aromatic carbocycles. The Kier molecular flexibility index (Phi) is 4.93. The third-order valence-electron chi connectivity index (χ3n) is 2.66. The third-order valence-corrected chi connectivity index (χ3v) is 3.84. The molecule has 0 aromatic heterocycles. The van der Waals surface area contributed by atoms with E-state index in [0.717, 1.165) is 0 Å². The molecule has 110 valence electrons. The maximum atomic E-state index is 13.1. The van der Waals surface area contributed by atoms with Crippen LogP contribution >= 0.6 is 34.8 Å². The summed E-state index contributed by atoms with van der Waals surface area (Å²) in [5.74, 6) is -1.13. The Bertz CT molecular complexity index is 684. The van der Waals surface area contributed by atoms with Crippen molar-refractivity contribution in [3.63, 3.8) is 0 Å². The SMILES string of the molecule is Nc1cc(C(=O)OCc2cc(F)ccc2Cl)cc(Cl)c1Cl. The van der Waals surface area contributed by atoms with Crippen molar-refractivity contribution in [1.82, 2.24) is 0 Å². The number of nitrogens with two attached hydrogens (primary N) is 1. The van der Waals surface area contributed by atoms with E-state index >= 15 is 0 Å². The van der Waals surface area contributed by atoms with Gasteiger partial charge in [-0.05, 0) is 30.3 Å². The van der Waals surface area contributed by atoms with E-state index in [0.29, 0.717) is 10.6 Å². The lowest BCUT2D eigenvalue weighted by Gasteiger charge is -2.08. The Morgan fingerprint density at radius 1 is 1.14 bits per heavy atom. The highest BCUT2D eigenvalue weighted by molar-refractivity contribution is 6.43. The Labute approximate surface area is 135 Å². The zero-order valence-corrected chi connectivity index (χ0v) is 12.8. The normalized spacial score (nSPS) is 10.5. The van der Waals surface area contributed by atoms with Crippen LogP contribution in [0.1, 0.15) is 15.9 Å². The monoisotopic (exact) mass is 347 g/mol. The molecule has 0 fully saturated rings. The number of halogens is 4. The standard InChI is InChI=1S/C14H9Cl3FNO2/c15-10-2-1-9(18)3-8(10)6-21-14(20)7-4-11(16)13(17)12(19)5-7/h1-5H,6,19H2. The fourth-order valence-electron chi connectivity index (χ4n) is 1.61. The second-order valence-corrected chi connectivity index (χ2v) is 5.37. The minimum Gasteiger partial charge on any atom is -0.457 e. The van der Waals surface area contributed by atoms with Crippen LogP contribution in [0.4, 0.5) is 10.1 Å². The summed E-state index contributed by atoms with van der Waals surface area (Å²) in [6.07, 6.45) is 0. The van der Waals surface area contributed by atoms with Gasteiger partial charge >= 0.3 is 5.97 Å². The smallest absolute Gasteiger partial charge is 0.338 e. The number of carbonyl (C=O) groups excluding carboxylic acids is 1. The maximum Gasteiger partial charge on any atom is 0.338 e. The molecule has 0 aliphatic rings. The van der Waals surface area contributed by atoms with E-state index in [4.69, 9.17) is 45.3 Å². The Morgan fingerprint density at radius 3 is 2.52 bits per heavy atom. The largest absolute Gasteiger partial charge is 0.457 e. The van der Waals surface area contributed by atoms with Crippen molar-refractivity contribution >= 4 is 46.5 Å². The van der Waals surface area contributed by atoms with Crippen LogP contribution in [0, 0.1) is 5.82 Å². The van der Waals surface area contributed by atoms with Gasteiger partial charge in [0.15, 0.2) is 0 Å². The fraction of sp³-hybridized carbons (Fsp3) is 0.0714. The summed E-state index contributed by atoms with van der Waals surface area (Å²) in [5.41, 5.74) is 6.29. The lowest BCUT2D eigenvalue weighted by molar-refractivity contribution is 0.0472. The highest BCUT2D eigenvalue weighted by atomic mass is 35.5. The van der Waals surface area contributed by atoms with Crippen LogP contribution in [0.3, 0.4) is 0 Å². The second kappa shape index (κ2) is 6.52. The van der Waals surface area contributed by atoms with Crippen LogP contribution < -0.4 is 5.73 Å². The molecule has 0 saturated heterocycles. The van der Waals surface area contributed by atoms with Crippen LogP contribution in [0.15, 0.2) is 30.3 Å². The number of carbonyl (C=O) groups is 1. The summed E-state index contributed by atoms with van der Waals surface area (Å²) in [6.45, 7) is -0.171. The molecule has 0 spiro atoms. The quantitative estimate of drug-likeness (QED) is 0.644. The fourth-order valence-corrected chi connectivity index (χ4v) is 2.12. The van der Waals surface area contributed by atoms with Crippen molar-refractivity contribution in [3.05, 3.63) is 62.3 Å². The van der Waals surface area contributed by atoms with E-state index in [-0.39, 0.29) is 27.9 Å². The van der Waals surface area contributed by atoms with Gasteiger partial charge in [0, 0.05) is 10.6 Å². The highest BCUT2D eigenvalue weighted by Crippen LogP contribution is 2.29. The first kappa shape index (κ1) is 15.9. The molecule has 0 saturated carbocycles. The number of anilines is 1. The van der Waals surface area contributed by atoms with Crippen LogP contribution in [-0.4, -0.2) is 5.97 Å². The first-order valence-electron chi connectivity index (χ1n) is 5.74. The predicted octanol–water partition coefficient (Wildman–Crippen LogP) is 4.73. The molecule has 0 unspecified atom stereocenters. The van der Waals surface area contributed by atoms with Gasteiger partial charge in [0.05, 0.1) is 21.3 Å². The van der Waals surface area contributed by atoms with Crippen LogP contribution in [0.2, 0.25) is 15.1 Å². The van der Waals surface area contributed by atoms with Gasteiger partial charge in [0.25, 0.3) is 0 Å². The molecule has 2 N–H and O–H groups in total. The summed E-state index contributed by atoms with van der Waals surface area (Å²) in [7, 11) is 0. The lowest BCUT2D eigenvalue weighted by atomic mass is 10.2. The Hall–Kier alpha value is -1.49. The molecular weight excluding hydrogens is 340 g/mol. The minimum atomic E-state index is -0.666. The molecule has 2 aromatic rings. The Morgan fingerprint density at radius 2 is 1.86 bits per heavy atom. The summed E-state index contributed by atoms with van der Waals surface area (Å²) >= 11 is 17.5. The Balaban J connectivity index is 2.13. The number of nitrogen functional groups attached to an aromatic ring is 1. The van der Waals surface area contributed by atoms with Crippen molar-refractivity contribution < 1.29 is 13.9 Å². The zero-order chi connectivity index (χ0) is 15.6. The van der Waals surface area contributed by atoms with Gasteiger partial charge in [-0.1, -0.05) is 34.8 Å². The minimum absolute atomic E-state index is 0.146. The summed E-state index contributed by atoms with van der Waals surface area (Å²) in [5, 5.41) is 0.617. The first-order valence-corrected chi connectivity index (χ1v) is 6.87. The number of ether oxygens (including phenoxy) is 1. The zero-order valence-electron chi connectivity index (χ0n) is 10.5. The van der Waals surface area contributed by atoms with E-state index < -0.39 is 11.8 Å². The van der Waals surface area contributed by atoms with Gasteiger partial charge in [-0.2, -0.15) is 0 Å². The lowest BCUT2D eigenvalue weighted by Crippen LogP contribution is -2.06. The van der Waals surface area contributed by atoms with E-state index in [2.05, 4.69) is 0 Å². The van der Waals surface area contributed by atoms with Crippen LogP contribution in [-0.2, 0) is 11.3 Å². The van der Waals surface area contributed by atoms with Crippen molar-refractivity contribution in [2.24, 2.45) is 0 Å². The molecule has 7 heteroatoms. The number of benzene rings is 2. The van der Waals surface area contributed by atoms with E-state index in [1.54, 1.807) is 0 Å². The number of esters is 1. The van der Waals surface area contributed by atoms with Gasteiger partial charge < -0.3 is 10.5 Å². The number of hydrogen-bond acceptors (Lipinski definition) is 3. The second-order valence-electron chi connectivity index (χ2n) is 4.17. The van der Waals surface area contributed by atoms with Crippen molar-refractivity contribution in [2.75, 3.05) is 5.73 Å². The van der Waals surface area contributed by atoms with Gasteiger partial charge in [0.2, 0.25) is 0 Å². The van der Waals surface area contributed by atoms with Gasteiger partial charge in [-0.15, -0.1) is 0 Å². The molecule has 0 aliphatic carbocycles. The van der Waals surface area contributed by atoms with E-state index in [1.165, 1.54) is 30.3 Å². The molecule has 2 rings (SSSR count). The molecule has 0 radical (unpaired) electrons. The average molecular weight is 349 g/mol. The summed E-state index contributed by atoms with van der Waals surface area (Å²) in [6, 6.07) is 6.49. The molecular formula is C14H9Cl3FNO2. The third kappa shape index (κ3) is 3.79. The topological polar surface area (TPSA) is 52.3 Å².